The molecule has 12 heavy (non-hydrogen) atoms. The number of hydrogen-bond acceptors (Lipinski definition) is 3. The molecule has 0 unspecified atom stereocenters. The van der Waals surface area contributed by atoms with Crippen LogP contribution in [0.15, 0.2) is 15.8 Å². The molecule has 0 saturated carbocycles. The van der Waals surface area contributed by atoms with Gasteiger partial charge in [0.15, 0.2) is 0 Å². The SMILES string of the molecule is CNCn1cc(Cl)c(=O)[nH]c1=O. The van der Waals surface area contributed by atoms with Crippen molar-refractivity contribution in [3.05, 3.63) is 32.1 Å². The van der Waals surface area contributed by atoms with Gasteiger partial charge >= 0.3 is 5.69 Å². The molecule has 0 amide bonds. The summed E-state index contributed by atoms with van der Waals surface area (Å²) in [7, 11) is 1.69. The van der Waals surface area contributed by atoms with E-state index in [1.807, 2.05) is 0 Å². The van der Waals surface area contributed by atoms with Crippen LogP contribution >= 0.6 is 11.6 Å². The van der Waals surface area contributed by atoms with Gasteiger partial charge in [-0.3, -0.25) is 14.3 Å². The Morgan fingerprint density at radius 2 is 2.33 bits per heavy atom. The highest BCUT2D eigenvalue weighted by Gasteiger charge is 1.99. The topological polar surface area (TPSA) is 66.9 Å². The zero-order valence-corrected chi connectivity index (χ0v) is 7.18. The van der Waals surface area contributed by atoms with E-state index in [1.54, 1.807) is 7.05 Å². The standard InChI is InChI=1S/C6H8ClN3O2/c1-8-3-10-2-4(7)5(11)9-6(10)12/h2,8H,3H2,1H3,(H,9,11,12). The molecule has 0 aliphatic carbocycles. The van der Waals surface area contributed by atoms with Crippen molar-refractivity contribution < 1.29 is 0 Å². The summed E-state index contributed by atoms with van der Waals surface area (Å²) in [6, 6.07) is 0. The number of rotatable bonds is 2. The predicted molar refractivity (Wildman–Crippen MR) is 45.4 cm³/mol. The first-order valence-electron chi connectivity index (χ1n) is 3.29. The van der Waals surface area contributed by atoms with E-state index in [0.29, 0.717) is 6.67 Å². The molecule has 0 aliphatic rings. The maximum Gasteiger partial charge on any atom is 0.329 e. The van der Waals surface area contributed by atoms with Gasteiger partial charge in [-0.2, -0.15) is 0 Å². The third-order valence-electron chi connectivity index (χ3n) is 1.30. The van der Waals surface area contributed by atoms with Gasteiger partial charge in [-0.15, -0.1) is 0 Å². The summed E-state index contributed by atoms with van der Waals surface area (Å²) in [6.45, 7) is 0.315. The summed E-state index contributed by atoms with van der Waals surface area (Å²) < 4.78 is 1.27. The summed E-state index contributed by atoms with van der Waals surface area (Å²) >= 11 is 5.49. The van der Waals surface area contributed by atoms with Crippen molar-refractivity contribution in [3.63, 3.8) is 0 Å². The smallest absolute Gasteiger partial charge is 0.303 e. The van der Waals surface area contributed by atoms with Crippen LogP contribution in [0.5, 0.6) is 0 Å². The van der Waals surface area contributed by atoms with Crippen LogP contribution in [-0.4, -0.2) is 16.6 Å². The quantitative estimate of drug-likeness (QED) is 0.651. The molecule has 1 aromatic rings. The van der Waals surface area contributed by atoms with E-state index < -0.39 is 11.2 Å². The number of H-pyrrole nitrogens is 1. The highest BCUT2D eigenvalue weighted by molar-refractivity contribution is 6.30. The number of halogens is 1. The van der Waals surface area contributed by atoms with E-state index in [0.717, 1.165) is 0 Å². The lowest BCUT2D eigenvalue weighted by atomic mass is 10.6. The summed E-state index contributed by atoms with van der Waals surface area (Å²) in [5, 5.41) is 2.76. The molecule has 2 N–H and O–H groups in total. The van der Waals surface area contributed by atoms with Gasteiger partial charge < -0.3 is 5.32 Å². The lowest BCUT2D eigenvalue weighted by Gasteiger charge is -2.02. The molecular weight excluding hydrogens is 182 g/mol. The van der Waals surface area contributed by atoms with Crippen molar-refractivity contribution in [1.82, 2.24) is 14.9 Å². The molecule has 0 fully saturated rings. The van der Waals surface area contributed by atoms with Gasteiger partial charge in [0.25, 0.3) is 5.56 Å². The van der Waals surface area contributed by atoms with Gasteiger partial charge in [0.2, 0.25) is 0 Å². The molecule has 1 rings (SSSR count). The average Bonchev–Trinajstić information content (AvgIpc) is 2.01. The summed E-state index contributed by atoms with van der Waals surface area (Å²) in [5.74, 6) is 0. The van der Waals surface area contributed by atoms with Crippen molar-refractivity contribution >= 4 is 11.6 Å². The Bertz CT molecular complexity index is 381. The Labute approximate surface area is 73.0 Å². The molecule has 0 aromatic carbocycles. The summed E-state index contributed by atoms with van der Waals surface area (Å²) in [4.78, 5) is 23.8. The Kier molecular flexibility index (Phi) is 2.67. The minimum Gasteiger partial charge on any atom is -0.303 e. The fourth-order valence-electron chi connectivity index (χ4n) is 0.770. The largest absolute Gasteiger partial charge is 0.329 e. The van der Waals surface area contributed by atoms with Crippen LogP contribution in [0.2, 0.25) is 5.02 Å². The number of hydrogen-bond donors (Lipinski definition) is 2. The van der Waals surface area contributed by atoms with Crippen molar-refractivity contribution in [2.24, 2.45) is 0 Å². The van der Waals surface area contributed by atoms with Gasteiger partial charge in [-0.05, 0) is 7.05 Å². The summed E-state index contributed by atoms with van der Waals surface area (Å²) in [5.41, 5.74) is -1.03. The molecule has 0 saturated heterocycles. The van der Waals surface area contributed by atoms with Gasteiger partial charge in [-0.1, -0.05) is 11.6 Å². The van der Waals surface area contributed by atoms with Crippen molar-refractivity contribution in [1.29, 1.82) is 0 Å². The molecule has 0 aliphatic heterocycles. The molecule has 66 valence electrons. The van der Waals surface area contributed by atoms with Crippen LogP contribution in [0.1, 0.15) is 0 Å². The van der Waals surface area contributed by atoms with Gasteiger partial charge in [0, 0.05) is 6.20 Å². The minimum absolute atomic E-state index is 0.00449. The van der Waals surface area contributed by atoms with Crippen LogP contribution < -0.4 is 16.6 Å². The lowest BCUT2D eigenvalue weighted by Crippen LogP contribution is -2.32. The fourth-order valence-corrected chi connectivity index (χ4v) is 0.936. The fraction of sp³-hybridized carbons (Fsp3) is 0.333. The molecule has 0 radical (unpaired) electrons. The van der Waals surface area contributed by atoms with Gasteiger partial charge in [0.1, 0.15) is 5.02 Å². The first-order valence-corrected chi connectivity index (χ1v) is 3.67. The van der Waals surface area contributed by atoms with E-state index in [2.05, 4.69) is 10.3 Å². The Morgan fingerprint density at radius 1 is 1.67 bits per heavy atom. The van der Waals surface area contributed by atoms with E-state index in [-0.39, 0.29) is 5.02 Å². The van der Waals surface area contributed by atoms with Gasteiger partial charge in [-0.25, -0.2) is 4.79 Å². The van der Waals surface area contributed by atoms with Crippen LogP contribution in [0, 0.1) is 0 Å². The van der Waals surface area contributed by atoms with E-state index >= 15 is 0 Å². The third kappa shape index (κ3) is 1.75. The molecule has 0 bridgehead atoms. The number of aromatic nitrogens is 2. The molecule has 6 heteroatoms. The molecule has 1 heterocycles. The number of aromatic amines is 1. The molecule has 0 atom stereocenters. The predicted octanol–water partition coefficient (Wildman–Crippen LogP) is -0.633. The lowest BCUT2D eigenvalue weighted by molar-refractivity contribution is 0.582. The second-order valence-electron chi connectivity index (χ2n) is 2.22. The van der Waals surface area contributed by atoms with Crippen molar-refractivity contribution in [2.45, 2.75) is 6.67 Å². The third-order valence-corrected chi connectivity index (χ3v) is 1.57. The Hall–Kier alpha value is -1.07. The highest BCUT2D eigenvalue weighted by atomic mass is 35.5. The number of nitrogens with zero attached hydrogens (tertiary/aromatic N) is 1. The first-order chi connectivity index (χ1) is 5.65. The zero-order valence-electron chi connectivity index (χ0n) is 6.43. The highest BCUT2D eigenvalue weighted by Crippen LogP contribution is 1.94. The maximum atomic E-state index is 11.0. The van der Waals surface area contributed by atoms with Crippen LogP contribution in [0.3, 0.4) is 0 Å². The average molecular weight is 190 g/mol. The monoisotopic (exact) mass is 189 g/mol. The number of nitrogens with one attached hydrogen (secondary N) is 2. The second kappa shape index (κ2) is 3.55. The van der Waals surface area contributed by atoms with Crippen LogP contribution in [0.25, 0.3) is 0 Å². The zero-order chi connectivity index (χ0) is 9.14. The van der Waals surface area contributed by atoms with Gasteiger partial charge in [0.05, 0.1) is 6.67 Å². The second-order valence-corrected chi connectivity index (χ2v) is 2.62. The normalized spacial score (nSPS) is 10.2. The minimum atomic E-state index is -0.561. The molecule has 1 aromatic heterocycles. The maximum absolute atomic E-state index is 11.0. The van der Waals surface area contributed by atoms with E-state index in [4.69, 9.17) is 11.6 Å². The van der Waals surface area contributed by atoms with Crippen LogP contribution in [0.4, 0.5) is 0 Å². The van der Waals surface area contributed by atoms with E-state index in [9.17, 15) is 9.59 Å². The Balaban J connectivity index is 3.24. The van der Waals surface area contributed by atoms with Crippen molar-refractivity contribution in [2.75, 3.05) is 7.05 Å². The van der Waals surface area contributed by atoms with E-state index in [1.165, 1.54) is 10.8 Å². The van der Waals surface area contributed by atoms with Crippen LogP contribution in [-0.2, 0) is 6.67 Å². The van der Waals surface area contributed by atoms with Crippen molar-refractivity contribution in [3.8, 4) is 0 Å². The molecular formula is C6H8ClN3O2. The molecule has 0 spiro atoms. The summed E-state index contributed by atoms with van der Waals surface area (Å²) in [6.07, 6.45) is 1.29. The molecule has 5 nitrogen and oxygen atoms in total. The Morgan fingerprint density at radius 3 is 2.92 bits per heavy atom. The first kappa shape index (κ1) is 9.02.